The normalized spacial score (nSPS) is 10.6. The van der Waals surface area contributed by atoms with Gasteiger partial charge in [0.2, 0.25) is 0 Å². The third-order valence-corrected chi connectivity index (χ3v) is 3.78. The number of benzene rings is 2. The van der Waals surface area contributed by atoms with E-state index in [9.17, 15) is 4.79 Å². The second-order valence-electron chi connectivity index (χ2n) is 4.45. The maximum absolute atomic E-state index is 12.0. The van der Waals surface area contributed by atoms with Crippen molar-refractivity contribution in [1.29, 1.82) is 0 Å². The van der Waals surface area contributed by atoms with E-state index in [1.807, 2.05) is 36.4 Å². The number of anilines is 2. The molecule has 0 aliphatic carbocycles. The van der Waals surface area contributed by atoms with Gasteiger partial charge in [0, 0.05) is 15.5 Å². The lowest BCUT2D eigenvalue weighted by molar-refractivity contribution is 0.415. The van der Waals surface area contributed by atoms with Crippen molar-refractivity contribution in [1.82, 2.24) is 0 Å². The fourth-order valence-corrected chi connectivity index (χ4v) is 2.48. The highest BCUT2D eigenvalue weighted by Gasteiger charge is 2.07. The molecular formula is C16H12BrNO3. The summed E-state index contributed by atoms with van der Waals surface area (Å²) >= 11 is 3.45. The van der Waals surface area contributed by atoms with Crippen LogP contribution < -0.4 is 15.7 Å². The smallest absolute Gasteiger partial charge is 0.360 e. The van der Waals surface area contributed by atoms with E-state index in [-0.39, 0.29) is 0 Å². The molecule has 0 fully saturated rings. The quantitative estimate of drug-likeness (QED) is 0.718. The number of ether oxygens (including phenoxy) is 1. The Hall–Kier alpha value is -2.27. The predicted molar refractivity (Wildman–Crippen MR) is 86.5 cm³/mol. The number of methoxy groups -OCH3 is 1. The molecule has 106 valence electrons. The van der Waals surface area contributed by atoms with Gasteiger partial charge in [0.25, 0.3) is 0 Å². The monoisotopic (exact) mass is 345 g/mol. The molecule has 0 saturated carbocycles. The highest BCUT2D eigenvalue weighted by Crippen LogP contribution is 2.26. The first-order valence-electron chi connectivity index (χ1n) is 6.31. The summed E-state index contributed by atoms with van der Waals surface area (Å²) in [6, 6.07) is 14.6. The molecule has 3 aromatic rings. The molecule has 2 aromatic carbocycles. The number of rotatable bonds is 3. The van der Waals surface area contributed by atoms with E-state index in [1.165, 1.54) is 0 Å². The molecule has 0 spiro atoms. The lowest BCUT2D eigenvalue weighted by Crippen LogP contribution is -2.06. The van der Waals surface area contributed by atoms with Crippen LogP contribution in [0.25, 0.3) is 11.0 Å². The lowest BCUT2D eigenvalue weighted by atomic mass is 10.2. The summed E-state index contributed by atoms with van der Waals surface area (Å²) in [6.45, 7) is 0. The zero-order valence-electron chi connectivity index (χ0n) is 11.2. The second kappa shape index (κ2) is 5.61. The Labute approximate surface area is 129 Å². The summed E-state index contributed by atoms with van der Waals surface area (Å²) in [5.41, 5.74) is 1.32. The van der Waals surface area contributed by atoms with Crippen LogP contribution in [-0.2, 0) is 0 Å². The standard InChI is InChI=1S/C16H12BrNO3/c1-20-11-7-5-10(6-8-11)18-14-9-12-13(17)3-2-4-15(12)21-16(14)19/h2-9,18H,1H3. The van der Waals surface area contributed by atoms with Crippen molar-refractivity contribution in [2.75, 3.05) is 12.4 Å². The van der Waals surface area contributed by atoms with Crippen LogP contribution in [-0.4, -0.2) is 7.11 Å². The lowest BCUT2D eigenvalue weighted by Gasteiger charge is -2.07. The minimum Gasteiger partial charge on any atom is -0.497 e. The van der Waals surface area contributed by atoms with Gasteiger partial charge in [-0.15, -0.1) is 0 Å². The first kappa shape index (κ1) is 13.7. The Balaban J connectivity index is 2.01. The van der Waals surface area contributed by atoms with Crippen molar-refractivity contribution in [3.05, 3.63) is 63.4 Å². The van der Waals surface area contributed by atoms with Gasteiger partial charge in [0.1, 0.15) is 17.0 Å². The molecule has 1 aromatic heterocycles. The van der Waals surface area contributed by atoms with Crippen LogP contribution in [0.2, 0.25) is 0 Å². The summed E-state index contributed by atoms with van der Waals surface area (Å²) in [4.78, 5) is 12.0. The van der Waals surface area contributed by atoms with Gasteiger partial charge in [-0.25, -0.2) is 4.79 Å². The van der Waals surface area contributed by atoms with Crippen LogP contribution in [0.1, 0.15) is 0 Å². The molecule has 0 radical (unpaired) electrons. The molecule has 1 heterocycles. The van der Waals surface area contributed by atoms with Crippen LogP contribution in [0.3, 0.4) is 0 Å². The molecule has 0 saturated heterocycles. The first-order valence-corrected chi connectivity index (χ1v) is 7.10. The molecule has 1 N–H and O–H groups in total. The van der Waals surface area contributed by atoms with Gasteiger partial charge >= 0.3 is 5.63 Å². The SMILES string of the molecule is COc1ccc(Nc2cc3c(Br)cccc3oc2=O)cc1. The molecule has 0 unspecified atom stereocenters. The molecule has 21 heavy (non-hydrogen) atoms. The van der Waals surface area contributed by atoms with E-state index in [2.05, 4.69) is 21.2 Å². The van der Waals surface area contributed by atoms with Crippen LogP contribution in [0.4, 0.5) is 11.4 Å². The minimum atomic E-state index is -0.406. The maximum atomic E-state index is 12.0. The zero-order valence-corrected chi connectivity index (χ0v) is 12.8. The molecule has 0 aliphatic rings. The fourth-order valence-electron chi connectivity index (χ4n) is 2.02. The van der Waals surface area contributed by atoms with Crippen molar-refractivity contribution in [3.63, 3.8) is 0 Å². The van der Waals surface area contributed by atoms with Crippen LogP contribution >= 0.6 is 15.9 Å². The fraction of sp³-hybridized carbons (Fsp3) is 0.0625. The summed E-state index contributed by atoms with van der Waals surface area (Å²) in [7, 11) is 1.61. The Morgan fingerprint density at radius 3 is 2.62 bits per heavy atom. The third kappa shape index (κ3) is 2.78. The Kier molecular flexibility index (Phi) is 3.66. The van der Waals surface area contributed by atoms with Crippen LogP contribution in [0.15, 0.2) is 62.2 Å². The largest absolute Gasteiger partial charge is 0.497 e. The molecule has 0 atom stereocenters. The Bertz CT molecular complexity index is 840. The number of hydrogen-bond acceptors (Lipinski definition) is 4. The average molecular weight is 346 g/mol. The van der Waals surface area contributed by atoms with Crippen LogP contribution in [0, 0.1) is 0 Å². The first-order chi connectivity index (χ1) is 10.2. The molecule has 0 aliphatic heterocycles. The molecular weight excluding hydrogens is 334 g/mol. The summed E-state index contributed by atoms with van der Waals surface area (Å²) in [5, 5.41) is 3.90. The van der Waals surface area contributed by atoms with Gasteiger partial charge in [-0.1, -0.05) is 22.0 Å². The molecule has 0 amide bonds. The molecule has 5 heteroatoms. The highest BCUT2D eigenvalue weighted by molar-refractivity contribution is 9.10. The van der Waals surface area contributed by atoms with E-state index < -0.39 is 5.63 Å². The molecule has 3 rings (SSSR count). The van der Waals surface area contributed by atoms with E-state index in [0.29, 0.717) is 11.3 Å². The molecule has 0 bridgehead atoms. The Morgan fingerprint density at radius 1 is 1.14 bits per heavy atom. The van der Waals surface area contributed by atoms with Crippen LogP contribution in [0.5, 0.6) is 5.75 Å². The summed E-state index contributed by atoms with van der Waals surface area (Å²) in [6.07, 6.45) is 0. The highest BCUT2D eigenvalue weighted by atomic mass is 79.9. The van der Waals surface area contributed by atoms with Crippen molar-refractivity contribution in [2.24, 2.45) is 0 Å². The number of hydrogen-bond donors (Lipinski definition) is 1. The van der Waals surface area contributed by atoms with E-state index in [4.69, 9.17) is 9.15 Å². The number of fused-ring (bicyclic) bond motifs is 1. The maximum Gasteiger partial charge on any atom is 0.360 e. The van der Waals surface area contributed by atoms with Gasteiger partial charge < -0.3 is 14.5 Å². The van der Waals surface area contributed by atoms with Crippen molar-refractivity contribution >= 4 is 38.3 Å². The summed E-state index contributed by atoms with van der Waals surface area (Å²) in [5.74, 6) is 0.758. The number of halogens is 1. The number of nitrogens with one attached hydrogen (secondary N) is 1. The van der Waals surface area contributed by atoms with Gasteiger partial charge in [-0.05, 0) is 42.5 Å². The van der Waals surface area contributed by atoms with E-state index in [0.717, 1.165) is 21.3 Å². The third-order valence-electron chi connectivity index (χ3n) is 3.09. The zero-order chi connectivity index (χ0) is 14.8. The summed E-state index contributed by atoms with van der Waals surface area (Å²) < 4.78 is 11.3. The second-order valence-corrected chi connectivity index (χ2v) is 5.31. The van der Waals surface area contributed by atoms with Crippen molar-refractivity contribution in [3.8, 4) is 5.75 Å². The van der Waals surface area contributed by atoms with Gasteiger partial charge in [-0.3, -0.25) is 0 Å². The topological polar surface area (TPSA) is 51.5 Å². The van der Waals surface area contributed by atoms with Crippen molar-refractivity contribution in [2.45, 2.75) is 0 Å². The van der Waals surface area contributed by atoms with E-state index >= 15 is 0 Å². The predicted octanol–water partition coefficient (Wildman–Crippen LogP) is 4.31. The van der Waals surface area contributed by atoms with Gasteiger partial charge in [0.15, 0.2) is 0 Å². The minimum absolute atomic E-state index is 0.388. The van der Waals surface area contributed by atoms with Gasteiger partial charge in [0.05, 0.1) is 7.11 Å². The van der Waals surface area contributed by atoms with Crippen molar-refractivity contribution < 1.29 is 9.15 Å². The van der Waals surface area contributed by atoms with Gasteiger partial charge in [-0.2, -0.15) is 0 Å². The molecule has 4 nitrogen and oxygen atoms in total. The Morgan fingerprint density at radius 2 is 1.90 bits per heavy atom. The van der Waals surface area contributed by atoms with E-state index in [1.54, 1.807) is 19.2 Å². The average Bonchev–Trinajstić information content (AvgIpc) is 2.50.